The van der Waals surface area contributed by atoms with Gasteiger partial charge in [-0.25, -0.2) is 0 Å². The minimum atomic E-state index is -0.108. The molecule has 0 saturated heterocycles. The first kappa shape index (κ1) is 16.1. The second-order valence-corrected chi connectivity index (χ2v) is 7.20. The lowest BCUT2D eigenvalue weighted by Crippen LogP contribution is -2.28. The molecule has 1 heteroatoms. The van der Waals surface area contributed by atoms with Crippen molar-refractivity contribution in [3.8, 4) is 6.07 Å². The van der Waals surface area contributed by atoms with Gasteiger partial charge in [-0.15, -0.1) is 0 Å². The second-order valence-electron chi connectivity index (χ2n) is 7.20. The quantitative estimate of drug-likeness (QED) is 0.664. The lowest BCUT2D eigenvalue weighted by Gasteiger charge is -2.35. The molecule has 0 amide bonds. The number of rotatable bonds is 5. The molecule has 1 aromatic carbocycles. The predicted molar refractivity (Wildman–Crippen MR) is 89.1 cm³/mol. The predicted octanol–water partition coefficient (Wildman–Crippen LogP) is 5.85. The fraction of sp³-hybridized carbons (Fsp3) is 0.650. The molecule has 1 aromatic rings. The number of hydrogen-bond acceptors (Lipinski definition) is 1. The van der Waals surface area contributed by atoms with E-state index < -0.39 is 0 Å². The van der Waals surface area contributed by atoms with E-state index in [0.29, 0.717) is 5.92 Å². The van der Waals surface area contributed by atoms with E-state index in [9.17, 15) is 5.26 Å². The average molecular weight is 283 g/mol. The summed E-state index contributed by atoms with van der Waals surface area (Å²) >= 11 is 0. The van der Waals surface area contributed by atoms with Gasteiger partial charge in [0.1, 0.15) is 0 Å². The number of hydrogen-bond donors (Lipinski definition) is 0. The van der Waals surface area contributed by atoms with E-state index in [1.165, 1.54) is 36.8 Å². The number of nitriles is 1. The first-order chi connectivity index (χ1) is 10.1. The first-order valence-corrected chi connectivity index (χ1v) is 8.58. The molecular weight excluding hydrogens is 254 g/mol. The molecule has 0 bridgehead atoms. The van der Waals surface area contributed by atoms with E-state index in [4.69, 9.17) is 0 Å². The van der Waals surface area contributed by atoms with Gasteiger partial charge in [0, 0.05) is 0 Å². The van der Waals surface area contributed by atoms with Crippen LogP contribution in [0.4, 0.5) is 0 Å². The van der Waals surface area contributed by atoms with Crippen molar-refractivity contribution in [2.75, 3.05) is 0 Å². The van der Waals surface area contributed by atoms with Crippen LogP contribution in [0.2, 0.25) is 0 Å². The van der Waals surface area contributed by atoms with Gasteiger partial charge >= 0.3 is 0 Å². The minimum absolute atomic E-state index is 0.108. The van der Waals surface area contributed by atoms with Gasteiger partial charge in [0.2, 0.25) is 0 Å². The van der Waals surface area contributed by atoms with Gasteiger partial charge in [-0.2, -0.15) is 5.26 Å². The molecule has 0 atom stereocenters. The SMILES string of the molecule is CCCC1CCC(C#N)(Cc2ccc(C(C)C)cc2)CC1. The lowest BCUT2D eigenvalue weighted by molar-refractivity contribution is 0.201. The van der Waals surface area contributed by atoms with Crippen LogP contribution in [0.3, 0.4) is 0 Å². The van der Waals surface area contributed by atoms with Crippen LogP contribution in [0.5, 0.6) is 0 Å². The van der Waals surface area contributed by atoms with Crippen LogP contribution < -0.4 is 0 Å². The van der Waals surface area contributed by atoms with Gasteiger partial charge in [-0.1, -0.05) is 57.9 Å². The third-order valence-electron chi connectivity index (χ3n) is 5.19. The first-order valence-electron chi connectivity index (χ1n) is 8.58. The lowest BCUT2D eigenvalue weighted by atomic mass is 9.67. The minimum Gasteiger partial charge on any atom is -0.198 e. The summed E-state index contributed by atoms with van der Waals surface area (Å²) in [5, 5.41) is 9.71. The van der Waals surface area contributed by atoms with Crippen LogP contribution in [-0.2, 0) is 6.42 Å². The maximum atomic E-state index is 9.71. The topological polar surface area (TPSA) is 23.8 Å². The number of nitrogens with zero attached hydrogens (tertiary/aromatic N) is 1. The summed E-state index contributed by atoms with van der Waals surface area (Å²) in [5.41, 5.74) is 2.61. The van der Waals surface area contributed by atoms with Gasteiger partial charge in [0.05, 0.1) is 11.5 Å². The normalized spacial score (nSPS) is 25.8. The Morgan fingerprint density at radius 1 is 1.19 bits per heavy atom. The third kappa shape index (κ3) is 4.10. The molecule has 0 unspecified atom stereocenters. The smallest absolute Gasteiger partial charge is 0.0693 e. The van der Waals surface area contributed by atoms with Crippen molar-refractivity contribution in [1.29, 1.82) is 5.26 Å². The summed E-state index contributed by atoms with van der Waals surface area (Å²) in [5.74, 6) is 1.44. The standard InChI is InChI=1S/C20H29N/c1-4-5-17-10-12-20(15-21,13-11-17)14-18-6-8-19(9-7-18)16(2)3/h6-9,16-17H,4-5,10-14H2,1-3H3. The molecule has 114 valence electrons. The van der Waals surface area contributed by atoms with Crippen LogP contribution in [0, 0.1) is 22.7 Å². The molecule has 2 rings (SSSR count). The Morgan fingerprint density at radius 2 is 1.81 bits per heavy atom. The summed E-state index contributed by atoms with van der Waals surface area (Å²) in [7, 11) is 0. The van der Waals surface area contributed by atoms with Crippen molar-refractivity contribution in [3.05, 3.63) is 35.4 Å². The highest BCUT2D eigenvalue weighted by Crippen LogP contribution is 2.42. The van der Waals surface area contributed by atoms with E-state index in [1.807, 2.05) is 0 Å². The Hall–Kier alpha value is -1.29. The van der Waals surface area contributed by atoms with Crippen molar-refractivity contribution < 1.29 is 0 Å². The van der Waals surface area contributed by atoms with Crippen molar-refractivity contribution in [3.63, 3.8) is 0 Å². The molecule has 1 aliphatic carbocycles. The maximum absolute atomic E-state index is 9.71. The zero-order valence-electron chi connectivity index (χ0n) is 13.9. The number of benzene rings is 1. The molecular formula is C20H29N. The molecule has 0 radical (unpaired) electrons. The van der Waals surface area contributed by atoms with E-state index in [1.54, 1.807) is 0 Å². The molecule has 0 aromatic heterocycles. The highest BCUT2D eigenvalue weighted by molar-refractivity contribution is 5.26. The van der Waals surface area contributed by atoms with Crippen LogP contribution in [-0.4, -0.2) is 0 Å². The van der Waals surface area contributed by atoms with E-state index in [-0.39, 0.29) is 5.41 Å². The average Bonchev–Trinajstić information content (AvgIpc) is 2.50. The van der Waals surface area contributed by atoms with Crippen LogP contribution in [0.25, 0.3) is 0 Å². The Bertz CT molecular complexity index is 470. The highest BCUT2D eigenvalue weighted by Gasteiger charge is 2.35. The highest BCUT2D eigenvalue weighted by atomic mass is 14.4. The van der Waals surface area contributed by atoms with Crippen LogP contribution in [0.1, 0.15) is 76.3 Å². The summed E-state index contributed by atoms with van der Waals surface area (Å²) in [6.45, 7) is 6.71. The summed E-state index contributed by atoms with van der Waals surface area (Å²) < 4.78 is 0. The van der Waals surface area contributed by atoms with Gasteiger partial charge in [0.15, 0.2) is 0 Å². The molecule has 0 N–H and O–H groups in total. The summed E-state index contributed by atoms with van der Waals surface area (Å²) in [6.07, 6.45) is 8.20. The van der Waals surface area contributed by atoms with E-state index in [0.717, 1.165) is 25.2 Å². The molecule has 0 aliphatic heterocycles. The fourth-order valence-corrected chi connectivity index (χ4v) is 3.67. The molecule has 1 saturated carbocycles. The van der Waals surface area contributed by atoms with Gasteiger partial charge in [-0.05, 0) is 55.1 Å². The third-order valence-corrected chi connectivity index (χ3v) is 5.19. The van der Waals surface area contributed by atoms with Crippen molar-refractivity contribution >= 4 is 0 Å². The van der Waals surface area contributed by atoms with Gasteiger partial charge in [0.25, 0.3) is 0 Å². The summed E-state index contributed by atoms with van der Waals surface area (Å²) in [4.78, 5) is 0. The second kappa shape index (κ2) is 7.12. The zero-order chi connectivity index (χ0) is 15.3. The van der Waals surface area contributed by atoms with Crippen molar-refractivity contribution in [2.45, 2.75) is 71.6 Å². The largest absolute Gasteiger partial charge is 0.198 e. The van der Waals surface area contributed by atoms with Gasteiger partial charge < -0.3 is 0 Å². The van der Waals surface area contributed by atoms with E-state index in [2.05, 4.69) is 51.1 Å². The monoisotopic (exact) mass is 283 g/mol. The Kier molecular flexibility index (Phi) is 5.45. The van der Waals surface area contributed by atoms with Crippen LogP contribution >= 0.6 is 0 Å². The molecule has 1 nitrogen and oxygen atoms in total. The maximum Gasteiger partial charge on any atom is 0.0693 e. The van der Waals surface area contributed by atoms with Gasteiger partial charge in [-0.3, -0.25) is 0 Å². The van der Waals surface area contributed by atoms with E-state index >= 15 is 0 Å². The van der Waals surface area contributed by atoms with Crippen molar-refractivity contribution in [2.24, 2.45) is 11.3 Å². The fourth-order valence-electron chi connectivity index (χ4n) is 3.67. The molecule has 0 spiro atoms. The molecule has 0 heterocycles. The Morgan fingerprint density at radius 3 is 2.29 bits per heavy atom. The molecule has 1 fully saturated rings. The molecule has 21 heavy (non-hydrogen) atoms. The Balaban J connectivity index is 2.01. The molecule has 1 aliphatic rings. The van der Waals surface area contributed by atoms with Crippen LogP contribution in [0.15, 0.2) is 24.3 Å². The Labute approximate surface area is 130 Å². The van der Waals surface area contributed by atoms with Crippen molar-refractivity contribution in [1.82, 2.24) is 0 Å². The zero-order valence-corrected chi connectivity index (χ0v) is 13.9. The summed E-state index contributed by atoms with van der Waals surface area (Å²) in [6, 6.07) is 11.6.